The Bertz CT molecular complexity index is 515. The van der Waals surface area contributed by atoms with Crippen LogP contribution in [-0.4, -0.2) is 39.0 Å². The van der Waals surface area contributed by atoms with Gasteiger partial charge in [0.05, 0.1) is 24.4 Å². The van der Waals surface area contributed by atoms with Crippen LogP contribution in [-0.2, 0) is 6.42 Å². The predicted molar refractivity (Wildman–Crippen MR) is 61.5 cm³/mol. The van der Waals surface area contributed by atoms with Crippen LogP contribution in [0, 0.1) is 0 Å². The molecule has 1 aromatic carbocycles. The van der Waals surface area contributed by atoms with Crippen molar-refractivity contribution in [3.8, 4) is 11.4 Å². The minimum absolute atomic E-state index is 0.00966. The van der Waals surface area contributed by atoms with Gasteiger partial charge in [-0.15, -0.1) is 5.10 Å². The van der Waals surface area contributed by atoms with E-state index in [0.717, 1.165) is 5.69 Å². The molecule has 0 saturated heterocycles. The Labute approximate surface area is 103 Å². The SMILES string of the molecule is COc1ccc(-n2nnnc2CCO)cc1Cl. The first kappa shape index (κ1) is 11.8. The molecular formula is C10H11ClN4O2. The van der Waals surface area contributed by atoms with Gasteiger partial charge in [-0.3, -0.25) is 0 Å². The van der Waals surface area contributed by atoms with Crippen molar-refractivity contribution in [1.82, 2.24) is 20.2 Å². The zero-order chi connectivity index (χ0) is 12.3. The van der Waals surface area contributed by atoms with Gasteiger partial charge in [0.25, 0.3) is 0 Å². The molecule has 1 heterocycles. The molecule has 0 unspecified atom stereocenters. The van der Waals surface area contributed by atoms with E-state index in [1.165, 1.54) is 4.68 Å². The van der Waals surface area contributed by atoms with Gasteiger partial charge in [0.1, 0.15) is 5.75 Å². The topological polar surface area (TPSA) is 73.1 Å². The van der Waals surface area contributed by atoms with Crippen LogP contribution in [0.5, 0.6) is 5.75 Å². The molecule has 17 heavy (non-hydrogen) atoms. The van der Waals surface area contributed by atoms with E-state index < -0.39 is 0 Å². The van der Waals surface area contributed by atoms with E-state index in [1.54, 1.807) is 25.3 Å². The second kappa shape index (κ2) is 5.11. The Morgan fingerprint density at radius 3 is 2.94 bits per heavy atom. The van der Waals surface area contributed by atoms with E-state index >= 15 is 0 Å². The Morgan fingerprint density at radius 1 is 1.47 bits per heavy atom. The summed E-state index contributed by atoms with van der Waals surface area (Å²) in [4.78, 5) is 0. The number of hydrogen-bond donors (Lipinski definition) is 1. The molecule has 0 amide bonds. The summed E-state index contributed by atoms with van der Waals surface area (Å²) in [5.41, 5.74) is 0.726. The van der Waals surface area contributed by atoms with Crippen molar-refractivity contribution in [3.63, 3.8) is 0 Å². The molecule has 6 nitrogen and oxygen atoms in total. The van der Waals surface area contributed by atoms with Crippen LogP contribution in [0.2, 0.25) is 5.02 Å². The number of ether oxygens (including phenoxy) is 1. The molecule has 2 aromatic rings. The number of halogens is 1. The third kappa shape index (κ3) is 2.37. The molecule has 2 rings (SSSR count). The van der Waals surface area contributed by atoms with Crippen molar-refractivity contribution < 1.29 is 9.84 Å². The summed E-state index contributed by atoms with van der Waals surface area (Å²) in [5.74, 6) is 1.17. The smallest absolute Gasteiger partial charge is 0.158 e. The maximum Gasteiger partial charge on any atom is 0.158 e. The van der Waals surface area contributed by atoms with Gasteiger partial charge in [-0.05, 0) is 28.6 Å². The van der Waals surface area contributed by atoms with Gasteiger partial charge in [0.2, 0.25) is 0 Å². The molecule has 1 N–H and O–H groups in total. The molecule has 0 spiro atoms. The summed E-state index contributed by atoms with van der Waals surface area (Å²) < 4.78 is 6.59. The van der Waals surface area contributed by atoms with Crippen molar-refractivity contribution >= 4 is 11.6 Å². The lowest BCUT2D eigenvalue weighted by molar-refractivity contribution is 0.295. The highest BCUT2D eigenvalue weighted by molar-refractivity contribution is 6.32. The van der Waals surface area contributed by atoms with E-state index in [0.29, 0.717) is 23.0 Å². The van der Waals surface area contributed by atoms with Crippen molar-refractivity contribution in [1.29, 1.82) is 0 Å². The maximum atomic E-state index is 8.89. The zero-order valence-corrected chi connectivity index (χ0v) is 9.92. The summed E-state index contributed by atoms with van der Waals surface area (Å²) in [6.45, 7) is -0.00966. The monoisotopic (exact) mass is 254 g/mol. The van der Waals surface area contributed by atoms with Crippen molar-refractivity contribution in [2.45, 2.75) is 6.42 Å². The predicted octanol–water partition coefficient (Wildman–Crippen LogP) is 0.859. The fourth-order valence-electron chi connectivity index (χ4n) is 1.45. The first-order chi connectivity index (χ1) is 8.26. The second-order valence-electron chi connectivity index (χ2n) is 3.30. The van der Waals surface area contributed by atoms with E-state index in [4.69, 9.17) is 21.4 Å². The van der Waals surface area contributed by atoms with Crippen molar-refractivity contribution in [2.75, 3.05) is 13.7 Å². The molecule has 1 aromatic heterocycles. The number of hydrogen-bond acceptors (Lipinski definition) is 5. The van der Waals surface area contributed by atoms with Crippen LogP contribution in [0.25, 0.3) is 5.69 Å². The largest absolute Gasteiger partial charge is 0.495 e. The van der Waals surface area contributed by atoms with Crippen LogP contribution in [0.4, 0.5) is 0 Å². The van der Waals surface area contributed by atoms with Crippen molar-refractivity contribution in [2.24, 2.45) is 0 Å². The van der Waals surface area contributed by atoms with E-state index in [2.05, 4.69) is 15.5 Å². The van der Waals surface area contributed by atoms with Crippen LogP contribution in [0.1, 0.15) is 5.82 Å². The molecule has 7 heteroatoms. The highest BCUT2D eigenvalue weighted by Gasteiger charge is 2.09. The number of aliphatic hydroxyl groups is 1. The lowest BCUT2D eigenvalue weighted by Gasteiger charge is -2.06. The molecule has 0 radical (unpaired) electrons. The summed E-state index contributed by atoms with van der Waals surface area (Å²) in [7, 11) is 1.55. The lowest BCUT2D eigenvalue weighted by atomic mass is 10.3. The number of methoxy groups -OCH3 is 1. The van der Waals surface area contributed by atoms with Gasteiger partial charge in [0.15, 0.2) is 5.82 Å². The summed E-state index contributed by atoms with van der Waals surface area (Å²) in [6.07, 6.45) is 0.386. The van der Waals surface area contributed by atoms with Gasteiger partial charge >= 0.3 is 0 Å². The molecule has 0 saturated carbocycles. The molecule has 0 aliphatic heterocycles. The van der Waals surface area contributed by atoms with Gasteiger partial charge in [-0.2, -0.15) is 4.68 Å². The lowest BCUT2D eigenvalue weighted by Crippen LogP contribution is -2.05. The fraction of sp³-hybridized carbons (Fsp3) is 0.300. The third-order valence-electron chi connectivity index (χ3n) is 2.25. The Morgan fingerprint density at radius 2 is 2.29 bits per heavy atom. The van der Waals surface area contributed by atoms with Crippen LogP contribution >= 0.6 is 11.6 Å². The molecule has 0 bridgehead atoms. The van der Waals surface area contributed by atoms with Gasteiger partial charge in [0, 0.05) is 6.42 Å². The van der Waals surface area contributed by atoms with E-state index in [9.17, 15) is 0 Å². The number of nitrogens with zero attached hydrogens (tertiary/aromatic N) is 4. The molecule has 0 aliphatic rings. The molecule has 0 aliphatic carbocycles. The number of tetrazole rings is 1. The normalized spacial score (nSPS) is 10.5. The highest BCUT2D eigenvalue weighted by atomic mass is 35.5. The minimum Gasteiger partial charge on any atom is -0.495 e. The summed E-state index contributed by atoms with van der Waals surface area (Å²) >= 11 is 6.02. The summed E-state index contributed by atoms with van der Waals surface area (Å²) in [6, 6.07) is 5.24. The van der Waals surface area contributed by atoms with Crippen molar-refractivity contribution in [3.05, 3.63) is 29.0 Å². The number of rotatable bonds is 4. The highest BCUT2D eigenvalue weighted by Crippen LogP contribution is 2.26. The Kier molecular flexibility index (Phi) is 3.55. The quantitative estimate of drug-likeness (QED) is 0.876. The standard InChI is InChI=1S/C10H11ClN4O2/c1-17-9-3-2-7(6-8(9)11)15-10(4-5-16)12-13-14-15/h2-3,6,16H,4-5H2,1H3. The zero-order valence-electron chi connectivity index (χ0n) is 9.17. The molecule has 0 atom stereocenters. The first-order valence-corrected chi connectivity index (χ1v) is 5.36. The Balaban J connectivity index is 2.39. The van der Waals surface area contributed by atoms with Crippen LogP contribution in [0.3, 0.4) is 0 Å². The van der Waals surface area contributed by atoms with E-state index in [1.807, 2.05) is 0 Å². The number of aliphatic hydroxyl groups excluding tert-OH is 1. The Hall–Kier alpha value is -1.66. The average molecular weight is 255 g/mol. The third-order valence-corrected chi connectivity index (χ3v) is 2.54. The maximum absolute atomic E-state index is 8.89. The average Bonchev–Trinajstić information content (AvgIpc) is 2.78. The number of aromatic nitrogens is 4. The van der Waals surface area contributed by atoms with Gasteiger partial charge in [-0.25, -0.2) is 0 Å². The van der Waals surface area contributed by atoms with E-state index in [-0.39, 0.29) is 6.61 Å². The molecule has 0 fully saturated rings. The number of benzene rings is 1. The molecular weight excluding hydrogens is 244 g/mol. The van der Waals surface area contributed by atoms with Crippen LogP contribution < -0.4 is 4.74 Å². The van der Waals surface area contributed by atoms with Crippen LogP contribution in [0.15, 0.2) is 18.2 Å². The minimum atomic E-state index is -0.00966. The fourth-order valence-corrected chi connectivity index (χ4v) is 1.70. The molecule has 90 valence electrons. The van der Waals surface area contributed by atoms with Gasteiger partial charge < -0.3 is 9.84 Å². The second-order valence-corrected chi connectivity index (χ2v) is 3.71. The first-order valence-electron chi connectivity index (χ1n) is 4.98. The van der Waals surface area contributed by atoms with Gasteiger partial charge in [-0.1, -0.05) is 11.6 Å². The summed E-state index contributed by atoms with van der Waals surface area (Å²) in [5, 5.41) is 20.6.